The number of amides is 1. The second-order valence-electron chi connectivity index (χ2n) is 9.50. The summed E-state index contributed by atoms with van der Waals surface area (Å²) in [5.41, 5.74) is 5.51. The van der Waals surface area contributed by atoms with Gasteiger partial charge in [-0.05, 0) is 80.6 Å². The Labute approximate surface area is 212 Å². The van der Waals surface area contributed by atoms with Gasteiger partial charge in [-0.25, -0.2) is 4.98 Å². The molecule has 0 radical (unpaired) electrons. The van der Waals surface area contributed by atoms with Crippen molar-refractivity contribution in [3.8, 4) is 17.5 Å². The van der Waals surface area contributed by atoms with Crippen LogP contribution in [0.4, 0.5) is 5.69 Å². The van der Waals surface area contributed by atoms with Crippen LogP contribution in [0.15, 0.2) is 60.6 Å². The molecule has 0 spiro atoms. The molecular weight excluding hydrogens is 450 g/mol. The third kappa shape index (κ3) is 4.85. The quantitative estimate of drug-likeness (QED) is 0.492. The summed E-state index contributed by atoms with van der Waals surface area (Å²) in [5, 5.41) is 9.03. The molecular formula is C29H31N5O2. The topological polar surface area (TPSA) is 74.4 Å². The summed E-state index contributed by atoms with van der Waals surface area (Å²) < 4.78 is 7.59. The average molecular weight is 482 g/mol. The van der Waals surface area contributed by atoms with Crippen LogP contribution in [0, 0.1) is 18.3 Å². The molecule has 36 heavy (non-hydrogen) atoms. The number of methoxy groups -OCH3 is 1. The number of carbonyl (C=O) groups is 1. The molecule has 2 aliphatic heterocycles. The van der Waals surface area contributed by atoms with Gasteiger partial charge in [0.05, 0.1) is 36.5 Å². The number of carbonyl (C=O) groups excluding carboxylic acids is 1. The molecule has 2 aliphatic rings. The normalized spacial score (nSPS) is 17.9. The molecule has 7 nitrogen and oxygen atoms in total. The number of nitrogens with zero attached hydrogens (tertiary/aromatic N) is 5. The maximum absolute atomic E-state index is 13.5. The number of aromatic nitrogens is 2. The lowest BCUT2D eigenvalue weighted by molar-refractivity contribution is -0.131. The van der Waals surface area contributed by atoms with Gasteiger partial charge in [-0.1, -0.05) is 6.07 Å². The number of anilines is 1. The van der Waals surface area contributed by atoms with Gasteiger partial charge >= 0.3 is 0 Å². The van der Waals surface area contributed by atoms with Crippen LogP contribution in [0.3, 0.4) is 0 Å². The fraction of sp³-hybridized carbons (Fsp3) is 0.345. The van der Waals surface area contributed by atoms with Crippen molar-refractivity contribution in [1.29, 1.82) is 5.26 Å². The SMILES string of the molecule is COc1cc(/C=C2\CCCN(C3CCN(c4ccc(C#N)cc4)CC3)C2=O)ccc1-n1cnc(C)c1. The number of nitriles is 1. The third-order valence-electron chi connectivity index (χ3n) is 7.18. The standard InChI is InChI=1S/C29H31N5O2/c1-21-19-33(20-31-21)27-10-7-23(17-28(27)36-2)16-24-4-3-13-34(29(24)35)26-11-14-32(15-12-26)25-8-5-22(18-30)6-9-25/h5-10,16-17,19-20,26H,3-4,11-15H2,1-2H3/b24-16+. The zero-order valence-corrected chi connectivity index (χ0v) is 20.9. The van der Waals surface area contributed by atoms with E-state index in [9.17, 15) is 4.79 Å². The molecule has 5 rings (SSSR count). The number of hydrogen-bond donors (Lipinski definition) is 0. The van der Waals surface area contributed by atoms with Gasteiger partial charge in [-0.2, -0.15) is 5.26 Å². The van der Waals surface area contributed by atoms with Crippen LogP contribution >= 0.6 is 0 Å². The minimum atomic E-state index is 0.159. The summed E-state index contributed by atoms with van der Waals surface area (Å²) in [6.45, 7) is 4.59. The molecule has 0 atom stereocenters. The molecule has 1 aromatic heterocycles. The van der Waals surface area contributed by atoms with Gasteiger partial charge in [-0.3, -0.25) is 4.79 Å². The molecule has 3 heterocycles. The number of piperidine rings is 2. The Morgan fingerprint density at radius 2 is 1.89 bits per heavy atom. The Morgan fingerprint density at radius 3 is 2.56 bits per heavy atom. The first-order valence-electron chi connectivity index (χ1n) is 12.5. The Balaban J connectivity index is 1.27. The first-order chi connectivity index (χ1) is 17.6. The van der Waals surface area contributed by atoms with Crippen LogP contribution in [0.2, 0.25) is 0 Å². The van der Waals surface area contributed by atoms with E-state index in [-0.39, 0.29) is 11.9 Å². The number of imidazole rings is 1. The number of rotatable bonds is 5. The van der Waals surface area contributed by atoms with Crippen molar-refractivity contribution in [3.05, 3.63) is 77.4 Å². The molecule has 1 amide bonds. The van der Waals surface area contributed by atoms with Crippen molar-refractivity contribution in [2.45, 2.75) is 38.6 Å². The number of hydrogen-bond acceptors (Lipinski definition) is 5. The molecule has 0 bridgehead atoms. The summed E-state index contributed by atoms with van der Waals surface area (Å²) in [6.07, 6.45) is 9.44. The lowest BCUT2D eigenvalue weighted by Gasteiger charge is -2.41. The van der Waals surface area contributed by atoms with Crippen molar-refractivity contribution in [2.24, 2.45) is 0 Å². The van der Waals surface area contributed by atoms with Crippen molar-refractivity contribution in [3.63, 3.8) is 0 Å². The Morgan fingerprint density at radius 1 is 1.11 bits per heavy atom. The van der Waals surface area contributed by atoms with Crippen LogP contribution in [0.25, 0.3) is 11.8 Å². The van der Waals surface area contributed by atoms with E-state index in [1.165, 1.54) is 0 Å². The van der Waals surface area contributed by atoms with Crippen molar-refractivity contribution >= 4 is 17.7 Å². The third-order valence-corrected chi connectivity index (χ3v) is 7.18. The maximum atomic E-state index is 13.5. The summed E-state index contributed by atoms with van der Waals surface area (Å²) in [4.78, 5) is 22.2. The monoisotopic (exact) mass is 481 g/mol. The largest absolute Gasteiger partial charge is 0.495 e. The molecule has 0 unspecified atom stereocenters. The van der Waals surface area contributed by atoms with Gasteiger partial charge in [0.25, 0.3) is 0 Å². The summed E-state index contributed by atoms with van der Waals surface area (Å²) in [5.74, 6) is 0.906. The highest BCUT2D eigenvalue weighted by atomic mass is 16.5. The van der Waals surface area contributed by atoms with E-state index in [2.05, 4.69) is 20.9 Å². The molecule has 0 N–H and O–H groups in total. The molecule has 184 valence electrons. The summed E-state index contributed by atoms with van der Waals surface area (Å²) >= 11 is 0. The van der Waals surface area contributed by atoms with E-state index >= 15 is 0 Å². The van der Waals surface area contributed by atoms with Gasteiger partial charge in [0.15, 0.2) is 0 Å². The smallest absolute Gasteiger partial charge is 0.250 e. The Hall–Kier alpha value is -4.05. The van der Waals surface area contributed by atoms with Gasteiger partial charge in [0.2, 0.25) is 5.91 Å². The van der Waals surface area contributed by atoms with Gasteiger partial charge in [0, 0.05) is 43.1 Å². The van der Waals surface area contributed by atoms with E-state index in [1.807, 2.05) is 66.2 Å². The predicted octanol–water partition coefficient (Wildman–Crippen LogP) is 4.74. The van der Waals surface area contributed by atoms with E-state index in [1.54, 1.807) is 13.4 Å². The van der Waals surface area contributed by atoms with Gasteiger partial charge in [-0.15, -0.1) is 0 Å². The predicted molar refractivity (Wildman–Crippen MR) is 140 cm³/mol. The number of aryl methyl sites for hydroxylation is 1. The lowest BCUT2D eigenvalue weighted by Crippen LogP contribution is -2.49. The Bertz CT molecular complexity index is 1310. The maximum Gasteiger partial charge on any atom is 0.250 e. The second kappa shape index (κ2) is 10.3. The molecule has 2 fully saturated rings. The van der Waals surface area contributed by atoms with E-state index < -0.39 is 0 Å². The van der Waals surface area contributed by atoms with Gasteiger partial charge in [0.1, 0.15) is 5.75 Å². The zero-order valence-electron chi connectivity index (χ0n) is 20.9. The van der Waals surface area contributed by atoms with Crippen molar-refractivity contribution in [1.82, 2.24) is 14.5 Å². The first-order valence-corrected chi connectivity index (χ1v) is 12.5. The summed E-state index contributed by atoms with van der Waals surface area (Å²) in [6, 6.07) is 16.2. The fourth-order valence-corrected chi connectivity index (χ4v) is 5.25. The van der Waals surface area contributed by atoms with Crippen molar-refractivity contribution in [2.75, 3.05) is 31.6 Å². The van der Waals surface area contributed by atoms with Crippen LogP contribution in [0.5, 0.6) is 5.75 Å². The second-order valence-corrected chi connectivity index (χ2v) is 9.50. The molecule has 0 saturated carbocycles. The minimum absolute atomic E-state index is 0.159. The van der Waals surface area contributed by atoms with Crippen LogP contribution in [0.1, 0.15) is 42.5 Å². The zero-order chi connectivity index (χ0) is 25.1. The number of likely N-dealkylation sites (tertiary alicyclic amines) is 1. The minimum Gasteiger partial charge on any atom is -0.495 e. The highest BCUT2D eigenvalue weighted by Gasteiger charge is 2.31. The van der Waals surface area contributed by atoms with Crippen LogP contribution in [-0.4, -0.2) is 53.1 Å². The van der Waals surface area contributed by atoms with Crippen LogP contribution in [-0.2, 0) is 4.79 Å². The number of benzene rings is 2. The average Bonchev–Trinajstić information content (AvgIpc) is 3.36. The Kier molecular flexibility index (Phi) is 6.77. The lowest BCUT2D eigenvalue weighted by atomic mass is 9.95. The highest BCUT2D eigenvalue weighted by Crippen LogP contribution is 2.30. The van der Waals surface area contributed by atoms with E-state index in [4.69, 9.17) is 10.00 Å². The van der Waals surface area contributed by atoms with E-state index in [0.717, 1.165) is 79.3 Å². The van der Waals surface area contributed by atoms with E-state index in [0.29, 0.717) is 5.56 Å². The number of ether oxygens (including phenoxy) is 1. The molecule has 7 heteroatoms. The molecule has 2 saturated heterocycles. The summed E-state index contributed by atoms with van der Waals surface area (Å²) in [7, 11) is 1.66. The highest BCUT2D eigenvalue weighted by molar-refractivity contribution is 5.98. The first kappa shape index (κ1) is 23.7. The van der Waals surface area contributed by atoms with Gasteiger partial charge < -0.3 is 19.1 Å². The fourth-order valence-electron chi connectivity index (χ4n) is 5.25. The molecule has 3 aromatic rings. The van der Waals surface area contributed by atoms with Crippen molar-refractivity contribution < 1.29 is 9.53 Å². The van der Waals surface area contributed by atoms with Crippen LogP contribution < -0.4 is 9.64 Å². The molecule has 0 aliphatic carbocycles. The molecule has 2 aromatic carbocycles.